The van der Waals surface area contributed by atoms with E-state index in [1.807, 2.05) is 35.2 Å². The molecule has 1 saturated heterocycles. The van der Waals surface area contributed by atoms with Gasteiger partial charge in [0, 0.05) is 30.0 Å². The van der Waals surface area contributed by atoms with Gasteiger partial charge in [0.15, 0.2) is 0 Å². The van der Waals surface area contributed by atoms with Crippen LogP contribution >= 0.6 is 0 Å². The van der Waals surface area contributed by atoms with Crippen molar-refractivity contribution in [2.24, 2.45) is 5.92 Å². The number of nitrogens with one attached hydrogen (secondary N) is 2. The summed E-state index contributed by atoms with van der Waals surface area (Å²) in [5.74, 6) is 0.572. The highest BCUT2D eigenvalue weighted by molar-refractivity contribution is 5.98. The van der Waals surface area contributed by atoms with Gasteiger partial charge in [0.1, 0.15) is 0 Å². The monoisotopic (exact) mass is 351 g/mol. The van der Waals surface area contributed by atoms with Gasteiger partial charge >= 0.3 is 0 Å². The molecule has 0 bridgehead atoms. The van der Waals surface area contributed by atoms with E-state index >= 15 is 0 Å². The van der Waals surface area contributed by atoms with Crippen LogP contribution in [0.15, 0.2) is 54.6 Å². The van der Waals surface area contributed by atoms with Crippen LogP contribution in [0.5, 0.6) is 0 Å². The molecule has 0 unspecified atom stereocenters. The van der Waals surface area contributed by atoms with E-state index in [4.69, 9.17) is 0 Å². The fourth-order valence-corrected chi connectivity index (χ4v) is 3.07. The lowest BCUT2D eigenvalue weighted by Crippen LogP contribution is -2.37. The summed E-state index contributed by atoms with van der Waals surface area (Å²) in [6.45, 7) is 4.00. The third-order valence-electron chi connectivity index (χ3n) is 4.69. The Labute approximate surface area is 154 Å². The minimum absolute atomic E-state index is 0.0374. The van der Waals surface area contributed by atoms with Crippen molar-refractivity contribution in [1.29, 1.82) is 0 Å². The Balaban J connectivity index is 1.56. The molecule has 2 N–H and O–H groups in total. The van der Waals surface area contributed by atoms with E-state index in [1.54, 1.807) is 24.3 Å². The Bertz CT molecular complexity index is 753. The third kappa shape index (κ3) is 4.85. The zero-order valence-electron chi connectivity index (χ0n) is 15.1. The summed E-state index contributed by atoms with van der Waals surface area (Å²) in [6.07, 6.45) is 2.10. The number of amides is 2. The molecule has 5 heteroatoms. The standard InChI is InChI=1S/C21H25N3O2/c1-16-10-12-24(13-11-16)21(26)17-6-5-9-19(14-17)23-20(25)15-22-18-7-3-2-4-8-18/h2-9,14,16,22H,10-13,15H2,1H3,(H,23,25). The summed E-state index contributed by atoms with van der Waals surface area (Å²) in [6, 6.07) is 16.7. The molecule has 0 saturated carbocycles. The number of para-hydroxylation sites is 1. The number of carbonyl (C=O) groups excluding carboxylic acids is 2. The Morgan fingerprint density at radius 2 is 1.69 bits per heavy atom. The summed E-state index contributed by atoms with van der Waals surface area (Å²) in [5, 5.41) is 5.92. The van der Waals surface area contributed by atoms with E-state index in [1.165, 1.54) is 0 Å². The van der Waals surface area contributed by atoms with Crippen molar-refractivity contribution in [1.82, 2.24) is 4.90 Å². The largest absolute Gasteiger partial charge is 0.376 e. The first kappa shape index (κ1) is 18.0. The minimum Gasteiger partial charge on any atom is -0.376 e. The van der Waals surface area contributed by atoms with Gasteiger partial charge in [-0.2, -0.15) is 0 Å². The maximum absolute atomic E-state index is 12.7. The molecule has 2 aromatic carbocycles. The SMILES string of the molecule is CC1CCN(C(=O)c2cccc(NC(=O)CNc3ccccc3)c2)CC1. The molecule has 26 heavy (non-hydrogen) atoms. The maximum Gasteiger partial charge on any atom is 0.253 e. The molecule has 0 spiro atoms. The second kappa shape index (κ2) is 8.52. The predicted octanol–water partition coefficient (Wildman–Crippen LogP) is 3.61. The average Bonchev–Trinajstić information content (AvgIpc) is 2.67. The van der Waals surface area contributed by atoms with Crippen LogP contribution in [0.25, 0.3) is 0 Å². The van der Waals surface area contributed by atoms with Crippen molar-refractivity contribution < 1.29 is 9.59 Å². The Hall–Kier alpha value is -2.82. The van der Waals surface area contributed by atoms with Crippen LogP contribution in [0.1, 0.15) is 30.1 Å². The molecular weight excluding hydrogens is 326 g/mol. The van der Waals surface area contributed by atoms with Gasteiger partial charge < -0.3 is 15.5 Å². The fourth-order valence-electron chi connectivity index (χ4n) is 3.07. The lowest BCUT2D eigenvalue weighted by Gasteiger charge is -2.30. The van der Waals surface area contributed by atoms with Crippen LogP contribution < -0.4 is 10.6 Å². The third-order valence-corrected chi connectivity index (χ3v) is 4.69. The molecule has 2 aromatic rings. The normalized spacial score (nSPS) is 14.7. The fraction of sp³-hybridized carbons (Fsp3) is 0.333. The highest BCUT2D eigenvalue weighted by Crippen LogP contribution is 2.19. The number of piperidine rings is 1. The molecule has 5 nitrogen and oxygen atoms in total. The molecule has 0 aromatic heterocycles. The van der Waals surface area contributed by atoms with Crippen LogP contribution in [0.4, 0.5) is 11.4 Å². The molecule has 1 aliphatic heterocycles. The molecule has 0 radical (unpaired) electrons. The molecule has 136 valence electrons. The highest BCUT2D eigenvalue weighted by atomic mass is 16.2. The van der Waals surface area contributed by atoms with Crippen molar-refractivity contribution in [3.05, 3.63) is 60.2 Å². The number of hydrogen-bond donors (Lipinski definition) is 2. The molecule has 2 amide bonds. The van der Waals surface area contributed by atoms with E-state index in [9.17, 15) is 9.59 Å². The van der Waals surface area contributed by atoms with Gasteiger partial charge in [-0.05, 0) is 49.1 Å². The maximum atomic E-state index is 12.7. The topological polar surface area (TPSA) is 61.4 Å². The van der Waals surface area contributed by atoms with E-state index in [-0.39, 0.29) is 18.4 Å². The number of likely N-dealkylation sites (tertiary alicyclic amines) is 1. The van der Waals surface area contributed by atoms with E-state index in [0.29, 0.717) is 17.2 Å². The van der Waals surface area contributed by atoms with Gasteiger partial charge in [0.25, 0.3) is 5.91 Å². The highest BCUT2D eigenvalue weighted by Gasteiger charge is 2.21. The van der Waals surface area contributed by atoms with Crippen molar-refractivity contribution in [3.63, 3.8) is 0 Å². The van der Waals surface area contributed by atoms with Crippen LogP contribution in [0, 0.1) is 5.92 Å². The Morgan fingerprint density at radius 3 is 2.42 bits per heavy atom. The first-order chi connectivity index (χ1) is 12.6. The smallest absolute Gasteiger partial charge is 0.253 e. The van der Waals surface area contributed by atoms with E-state index in [0.717, 1.165) is 31.6 Å². The predicted molar refractivity (Wildman–Crippen MR) is 104 cm³/mol. The first-order valence-electron chi connectivity index (χ1n) is 9.10. The van der Waals surface area contributed by atoms with Crippen LogP contribution in [-0.4, -0.2) is 36.3 Å². The Kier molecular flexibility index (Phi) is 5.89. The van der Waals surface area contributed by atoms with Crippen molar-refractivity contribution in [3.8, 4) is 0 Å². The molecule has 1 fully saturated rings. The van der Waals surface area contributed by atoms with Gasteiger partial charge in [0.05, 0.1) is 6.54 Å². The van der Waals surface area contributed by atoms with E-state index < -0.39 is 0 Å². The number of benzene rings is 2. The quantitative estimate of drug-likeness (QED) is 0.865. The van der Waals surface area contributed by atoms with Crippen LogP contribution in [0.3, 0.4) is 0 Å². The van der Waals surface area contributed by atoms with Gasteiger partial charge in [-0.3, -0.25) is 9.59 Å². The summed E-state index contributed by atoms with van der Waals surface area (Å²) in [5.41, 5.74) is 2.15. The zero-order chi connectivity index (χ0) is 18.4. The van der Waals surface area contributed by atoms with E-state index in [2.05, 4.69) is 17.6 Å². The summed E-state index contributed by atoms with van der Waals surface area (Å²) < 4.78 is 0. The molecule has 1 aliphatic rings. The van der Waals surface area contributed by atoms with Gasteiger partial charge in [0.2, 0.25) is 5.91 Å². The first-order valence-corrected chi connectivity index (χ1v) is 9.10. The number of anilines is 2. The minimum atomic E-state index is -0.148. The Morgan fingerprint density at radius 1 is 1.00 bits per heavy atom. The van der Waals surface area contributed by atoms with Crippen molar-refractivity contribution in [2.75, 3.05) is 30.3 Å². The molecule has 3 rings (SSSR count). The number of nitrogens with zero attached hydrogens (tertiary/aromatic N) is 1. The summed E-state index contributed by atoms with van der Waals surface area (Å²) in [4.78, 5) is 26.7. The van der Waals surface area contributed by atoms with Crippen molar-refractivity contribution >= 4 is 23.2 Å². The molecule has 0 atom stereocenters. The molecule has 0 aliphatic carbocycles. The molecule has 1 heterocycles. The second-order valence-corrected chi connectivity index (χ2v) is 6.82. The van der Waals surface area contributed by atoms with Crippen LogP contribution in [-0.2, 0) is 4.79 Å². The van der Waals surface area contributed by atoms with Crippen molar-refractivity contribution in [2.45, 2.75) is 19.8 Å². The lowest BCUT2D eigenvalue weighted by atomic mass is 9.98. The summed E-state index contributed by atoms with van der Waals surface area (Å²) in [7, 11) is 0. The van der Waals surface area contributed by atoms with Gasteiger partial charge in [-0.25, -0.2) is 0 Å². The summed E-state index contributed by atoms with van der Waals surface area (Å²) >= 11 is 0. The second-order valence-electron chi connectivity index (χ2n) is 6.82. The average molecular weight is 351 g/mol. The lowest BCUT2D eigenvalue weighted by molar-refractivity contribution is -0.114. The zero-order valence-corrected chi connectivity index (χ0v) is 15.1. The number of carbonyl (C=O) groups is 2. The number of rotatable bonds is 5. The van der Waals surface area contributed by atoms with Gasteiger partial charge in [-0.15, -0.1) is 0 Å². The van der Waals surface area contributed by atoms with Crippen LogP contribution in [0.2, 0.25) is 0 Å². The molecular formula is C21H25N3O2. The number of hydrogen-bond acceptors (Lipinski definition) is 3. The van der Waals surface area contributed by atoms with Gasteiger partial charge in [-0.1, -0.05) is 31.2 Å².